The second-order valence-corrected chi connectivity index (χ2v) is 32.8. The third-order valence-corrected chi connectivity index (χ3v) is 23.5. The van der Waals surface area contributed by atoms with Crippen LogP contribution in [0.25, 0.3) is 22.3 Å². The van der Waals surface area contributed by atoms with Gasteiger partial charge < -0.3 is 87.0 Å². The number of aromatic nitrogens is 6. The van der Waals surface area contributed by atoms with E-state index in [2.05, 4.69) is 39.1 Å². The lowest BCUT2D eigenvalue weighted by molar-refractivity contribution is -0.199. The zero-order chi connectivity index (χ0) is 90.2. The first kappa shape index (κ1) is 90.9. The molecule has 9 aromatic rings. The van der Waals surface area contributed by atoms with Crippen molar-refractivity contribution in [2.24, 2.45) is 28.2 Å². The summed E-state index contributed by atoms with van der Waals surface area (Å²) in [5.41, 5.74) is 8.98. The summed E-state index contributed by atoms with van der Waals surface area (Å²) in [4.78, 5) is 149. The highest BCUT2D eigenvalue weighted by molar-refractivity contribution is 6.08. The number of para-hydroxylation sites is 1. The van der Waals surface area contributed by atoms with Crippen molar-refractivity contribution in [1.29, 1.82) is 0 Å². The van der Waals surface area contributed by atoms with Gasteiger partial charge in [0.1, 0.15) is 36.1 Å². The van der Waals surface area contributed by atoms with E-state index in [1.807, 2.05) is 122 Å². The monoisotopic (exact) mass is 1750 g/mol. The van der Waals surface area contributed by atoms with Gasteiger partial charge in [-0.1, -0.05) is 92.0 Å². The van der Waals surface area contributed by atoms with E-state index in [-0.39, 0.29) is 122 Å². The second kappa shape index (κ2) is 41.9. The van der Waals surface area contributed by atoms with Gasteiger partial charge in [-0.3, -0.25) is 33.6 Å². The average molecular weight is 1750 g/mol. The number of carbonyl (C=O) groups is 10. The molecule has 15 rings (SSSR count). The summed E-state index contributed by atoms with van der Waals surface area (Å²) in [6.07, 6.45) is 16.4. The summed E-state index contributed by atoms with van der Waals surface area (Å²) in [5, 5.41) is 17.8. The fourth-order valence-corrected chi connectivity index (χ4v) is 17.0. The molecule has 4 unspecified atom stereocenters. The number of carboxylic acid groups (broad SMARTS) is 1. The number of aromatic carboxylic acids is 1. The molecule has 0 bridgehead atoms. The number of rotatable bonds is 31. The summed E-state index contributed by atoms with van der Waals surface area (Å²) < 4.78 is 55.2. The SMILES string of the molecule is C=CCOC(=O)N1c2cc(OCCCC(=O)Nc3cn(C)c(C(=O)Cc4ccc(-c5cc(C(=O)Nc6ccccc6)n(C)c5)cc4)n3)c(C)cc2C(=O)N2CCCC[C@H]2C1OC1CCCCO1.C=CCOC(=O)N1c2cc(OCCCC(=O)Nc3cn(C)c(C(=O)Cc4ccc(-c5cc(C(=O)O)n(C)c5)cc4)n3)c(C)cc2C(=O)N2CCCC[C@H]2C1OC1CCCCO1. The number of Topliss-reactive ketones (excluding diaryl/α,β-unsaturated/α-hetero) is 2. The topological polar surface area (TPSA) is 359 Å². The molecule has 4 saturated heterocycles. The fraction of sp³-hybridized carbons (Fsp3) is 0.396. The molecule has 0 spiro atoms. The van der Waals surface area contributed by atoms with E-state index >= 15 is 0 Å². The van der Waals surface area contributed by atoms with Crippen molar-refractivity contribution < 1.29 is 90.9 Å². The maximum absolute atomic E-state index is 14.2. The Bertz CT molecular complexity index is 5580. The molecule has 4 aromatic heterocycles. The first-order chi connectivity index (χ1) is 61.9. The van der Waals surface area contributed by atoms with Gasteiger partial charge in [-0.05, 0) is 174 Å². The summed E-state index contributed by atoms with van der Waals surface area (Å²) >= 11 is 0. The Labute approximate surface area is 742 Å². The van der Waals surface area contributed by atoms with Crippen LogP contribution in [-0.2, 0) is 79.0 Å². The van der Waals surface area contributed by atoms with E-state index in [0.29, 0.717) is 121 Å². The summed E-state index contributed by atoms with van der Waals surface area (Å²) in [5.74, 6) is -0.914. The summed E-state index contributed by atoms with van der Waals surface area (Å²) in [7, 11) is 6.88. The number of ether oxygens (including phenoxy) is 8. The van der Waals surface area contributed by atoms with E-state index in [9.17, 15) is 53.1 Å². The van der Waals surface area contributed by atoms with Crippen LogP contribution in [-0.4, -0.2) is 192 Å². The molecule has 6 aliphatic rings. The number of carbonyl (C=O) groups excluding carboxylic acids is 9. The molecule has 32 heteroatoms. The maximum atomic E-state index is 14.2. The standard InChI is InChI=1S/C51H57N7O9.C45H52N6O10/c1-5-24-66-51(63)58-40-30-43(33(2)27-38(40)49(62)57-23-11-9-16-39(57)50(58)67-46-18-10-12-25-65-46)64-26-13-17-45(60)53-44-32-56(4)47(54-44)42(59)28-34-19-21-35(22-20-34)36-29-41(55(3)31-36)48(61)52-37-14-7-6-8-15-37;1-5-19-60-45(57)51-34-25-37(28(2)22-32(34)42(54)50-18-8-6-11-33(50)43(51)61-40-13-7-9-20-59-40)58-21-10-12-39(53)46-38-27-49(4)41(47-38)36(52)23-29-14-16-30(17-15-29)31-24-35(44(55)56)48(3)26-31/h5-8,14-15,19-22,27,29-32,39,46,50H,1,9-13,16-18,23-26,28H2,2-4H3,(H,52,61)(H,53,60);5,14-17,22,24-27,33,40,43H,1,6-13,18-21,23H2,2-4H3,(H,46,53)(H,55,56)/t39-,46?,50?;33-,40?,43?/m00/s1. The van der Waals surface area contributed by atoms with Gasteiger partial charge in [0.05, 0.1) is 47.8 Å². The number of piperidine rings is 2. The zero-order valence-corrected chi connectivity index (χ0v) is 73.0. The van der Waals surface area contributed by atoms with E-state index in [1.165, 1.54) is 22.0 Å². The van der Waals surface area contributed by atoms with Gasteiger partial charge in [0.15, 0.2) is 48.3 Å². The van der Waals surface area contributed by atoms with Crippen LogP contribution >= 0.6 is 0 Å². The molecule has 4 fully saturated rings. The van der Waals surface area contributed by atoms with E-state index in [1.54, 1.807) is 88.3 Å². The highest BCUT2D eigenvalue weighted by Crippen LogP contribution is 2.43. The minimum absolute atomic E-state index is 0.0285. The third kappa shape index (κ3) is 21.7. The molecule has 32 nitrogen and oxygen atoms in total. The molecule has 128 heavy (non-hydrogen) atoms. The molecular weight excluding hydrogens is 1640 g/mol. The molecular formula is C96H109N13O19. The van der Waals surface area contributed by atoms with E-state index in [0.717, 1.165) is 84.7 Å². The number of amides is 7. The molecule has 672 valence electrons. The van der Waals surface area contributed by atoms with Crippen LogP contribution in [0.15, 0.2) is 165 Å². The molecule has 0 radical (unpaired) electrons. The Balaban J connectivity index is 0.000000208. The fourth-order valence-electron chi connectivity index (χ4n) is 17.0. The predicted octanol–water partition coefficient (Wildman–Crippen LogP) is 14.9. The minimum Gasteiger partial charge on any atom is -0.493 e. The van der Waals surface area contributed by atoms with Crippen molar-refractivity contribution in [2.75, 3.05) is 78.5 Å². The number of fused-ring (bicyclic) bond motifs is 4. The van der Waals surface area contributed by atoms with Gasteiger partial charge in [-0.25, -0.2) is 34.2 Å². The normalized spacial score (nSPS) is 18.4. The number of aryl methyl sites for hydroxylation is 6. The highest BCUT2D eigenvalue weighted by atomic mass is 16.7. The molecule has 0 saturated carbocycles. The number of imidazole rings is 2. The first-order valence-electron chi connectivity index (χ1n) is 43.6. The lowest BCUT2D eigenvalue weighted by Gasteiger charge is -2.42. The Kier molecular flexibility index (Phi) is 29.7. The van der Waals surface area contributed by atoms with Crippen LogP contribution in [0.2, 0.25) is 0 Å². The van der Waals surface area contributed by atoms with E-state index < -0.39 is 55.3 Å². The quantitative estimate of drug-likeness (QED) is 0.0178. The number of nitrogens with zero attached hydrogens (tertiary/aromatic N) is 10. The lowest BCUT2D eigenvalue weighted by atomic mass is 10.00. The average Bonchev–Trinajstić information content (AvgIpc) is 1.59. The minimum atomic E-state index is -1.01. The Morgan fingerprint density at radius 1 is 0.500 bits per heavy atom. The lowest BCUT2D eigenvalue weighted by Crippen LogP contribution is -2.57. The van der Waals surface area contributed by atoms with Crippen molar-refractivity contribution in [1.82, 2.24) is 38.0 Å². The number of benzene rings is 5. The number of ketones is 2. The zero-order valence-electron chi connectivity index (χ0n) is 73.0. The van der Waals surface area contributed by atoms with Gasteiger partial charge in [-0.15, -0.1) is 0 Å². The van der Waals surface area contributed by atoms with Crippen LogP contribution in [0.5, 0.6) is 11.5 Å². The van der Waals surface area contributed by atoms with Crippen LogP contribution in [0, 0.1) is 13.8 Å². The molecule has 6 aliphatic heterocycles. The molecule has 7 amide bonds. The van der Waals surface area contributed by atoms with Crippen molar-refractivity contribution in [3.63, 3.8) is 0 Å². The molecule has 6 atom stereocenters. The van der Waals surface area contributed by atoms with Gasteiger partial charge in [0, 0.05) is 134 Å². The molecule has 4 N–H and O–H groups in total. The van der Waals surface area contributed by atoms with Crippen LogP contribution in [0.3, 0.4) is 0 Å². The largest absolute Gasteiger partial charge is 0.493 e. The maximum Gasteiger partial charge on any atom is 0.416 e. The summed E-state index contributed by atoms with van der Waals surface area (Å²) in [6.45, 7) is 13.5. The Morgan fingerprint density at radius 2 is 0.930 bits per heavy atom. The highest BCUT2D eigenvalue weighted by Gasteiger charge is 2.49. The van der Waals surface area contributed by atoms with Crippen molar-refractivity contribution in [3.05, 3.63) is 222 Å². The number of nitrogens with one attached hydrogen (secondary N) is 3. The predicted molar refractivity (Wildman–Crippen MR) is 477 cm³/mol. The molecule has 5 aromatic carbocycles. The number of carboxylic acids is 1. The van der Waals surface area contributed by atoms with Crippen molar-refractivity contribution in [2.45, 2.75) is 167 Å². The Hall–Kier alpha value is -13.3. The van der Waals surface area contributed by atoms with Crippen LogP contribution in [0.4, 0.5) is 38.3 Å². The third-order valence-electron chi connectivity index (χ3n) is 23.5. The van der Waals surface area contributed by atoms with Crippen molar-refractivity contribution >= 4 is 88.0 Å². The Morgan fingerprint density at radius 3 is 1.34 bits per heavy atom. The van der Waals surface area contributed by atoms with Gasteiger partial charge >= 0.3 is 18.2 Å². The molecule has 0 aliphatic carbocycles. The van der Waals surface area contributed by atoms with Gasteiger partial charge in [0.2, 0.25) is 23.4 Å². The smallest absolute Gasteiger partial charge is 0.416 e. The van der Waals surface area contributed by atoms with Crippen LogP contribution in [0.1, 0.15) is 188 Å². The van der Waals surface area contributed by atoms with Gasteiger partial charge in [-0.2, -0.15) is 0 Å². The first-order valence-corrected chi connectivity index (χ1v) is 43.6. The number of hydrogen-bond donors (Lipinski definition) is 4. The van der Waals surface area contributed by atoms with Gasteiger partial charge in [0.25, 0.3) is 17.7 Å². The second-order valence-electron chi connectivity index (χ2n) is 32.8. The van der Waals surface area contributed by atoms with E-state index in [4.69, 9.17) is 37.9 Å². The van der Waals surface area contributed by atoms with Crippen LogP contribution < -0.4 is 35.2 Å². The van der Waals surface area contributed by atoms with Crippen molar-refractivity contribution in [3.8, 4) is 33.8 Å². The number of anilines is 5. The number of hydrogen-bond acceptors (Lipinski definition) is 20. The molecule has 10 heterocycles. The summed E-state index contributed by atoms with van der Waals surface area (Å²) in [6, 6.07) is 33.6.